The third-order valence-electron chi connectivity index (χ3n) is 2.72. The summed E-state index contributed by atoms with van der Waals surface area (Å²) >= 11 is 0. The van der Waals surface area contributed by atoms with Gasteiger partial charge in [-0.25, -0.2) is 4.79 Å². The van der Waals surface area contributed by atoms with E-state index < -0.39 is 5.97 Å². The molecule has 1 aromatic heterocycles. The van der Waals surface area contributed by atoms with Gasteiger partial charge in [-0.15, -0.1) is 0 Å². The number of para-hydroxylation sites is 1. The van der Waals surface area contributed by atoms with Gasteiger partial charge in [-0.3, -0.25) is 5.41 Å². The van der Waals surface area contributed by atoms with Crippen LogP contribution in [0.2, 0.25) is 0 Å². The van der Waals surface area contributed by atoms with Crippen LogP contribution in [-0.2, 0) is 16.0 Å². The molecule has 1 aromatic carbocycles. The predicted octanol–water partition coefficient (Wildman–Crippen LogP) is 2.93. The van der Waals surface area contributed by atoms with Crippen LogP contribution in [0.5, 0.6) is 0 Å². The second-order valence-electron chi connectivity index (χ2n) is 3.85. The van der Waals surface area contributed by atoms with E-state index in [9.17, 15) is 4.79 Å². The third-order valence-corrected chi connectivity index (χ3v) is 2.72. The molecular weight excluding hydrogens is 230 g/mol. The Balaban J connectivity index is 2.54. The van der Waals surface area contributed by atoms with E-state index in [-0.39, 0.29) is 12.3 Å². The molecule has 0 saturated heterocycles. The van der Waals surface area contributed by atoms with E-state index in [1.54, 1.807) is 6.92 Å². The second-order valence-corrected chi connectivity index (χ2v) is 3.85. The Morgan fingerprint density at radius 1 is 1.33 bits per heavy atom. The van der Waals surface area contributed by atoms with Crippen molar-refractivity contribution in [1.29, 1.82) is 5.41 Å². The monoisotopic (exact) mass is 245 g/mol. The zero-order valence-corrected chi connectivity index (χ0v) is 10.4. The van der Waals surface area contributed by atoms with Gasteiger partial charge < -0.3 is 9.15 Å². The first-order valence-electron chi connectivity index (χ1n) is 5.95. The summed E-state index contributed by atoms with van der Waals surface area (Å²) in [6, 6.07) is 7.40. The van der Waals surface area contributed by atoms with Gasteiger partial charge in [-0.2, -0.15) is 0 Å². The van der Waals surface area contributed by atoms with Crippen molar-refractivity contribution in [2.75, 3.05) is 6.61 Å². The van der Waals surface area contributed by atoms with Crippen LogP contribution in [0.1, 0.15) is 25.2 Å². The SMILES string of the molecule is CCOC(=O)C(=N)c1c(CC)oc2ccccc12. The van der Waals surface area contributed by atoms with Crippen molar-refractivity contribution in [3.8, 4) is 0 Å². The molecule has 0 unspecified atom stereocenters. The number of aryl methyl sites for hydroxylation is 1. The average Bonchev–Trinajstić information content (AvgIpc) is 2.76. The van der Waals surface area contributed by atoms with E-state index >= 15 is 0 Å². The first-order valence-corrected chi connectivity index (χ1v) is 5.95. The fraction of sp³-hybridized carbons (Fsp3) is 0.286. The second kappa shape index (κ2) is 5.04. The van der Waals surface area contributed by atoms with Gasteiger partial charge in [-0.1, -0.05) is 25.1 Å². The molecule has 2 aromatic rings. The average molecular weight is 245 g/mol. The van der Waals surface area contributed by atoms with Crippen LogP contribution in [-0.4, -0.2) is 18.3 Å². The number of fused-ring (bicyclic) bond motifs is 1. The molecule has 0 aliphatic rings. The molecule has 0 spiro atoms. The highest BCUT2D eigenvalue weighted by Crippen LogP contribution is 2.26. The van der Waals surface area contributed by atoms with Gasteiger partial charge in [0.25, 0.3) is 0 Å². The zero-order chi connectivity index (χ0) is 13.1. The van der Waals surface area contributed by atoms with Crippen molar-refractivity contribution in [2.45, 2.75) is 20.3 Å². The molecule has 0 bridgehead atoms. The molecule has 0 aliphatic heterocycles. The molecule has 0 saturated carbocycles. The van der Waals surface area contributed by atoms with E-state index in [1.807, 2.05) is 31.2 Å². The summed E-state index contributed by atoms with van der Waals surface area (Å²) in [5, 5.41) is 8.73. The lowest BCUT2D eigenvalue weighted by molar-refractivity contribution is -0.135. The zero-order valence-electron chi connectivity index (χ0n) is 10.4. The molecular formula is C14H15NO3. The maximum Gasteiger partial charge on any atom is 0.356 e. The maximum absolute atomic E-state index is 11.7. The van der Waals surface area contributed by atoms with Gasteiger partial charge in [0, 0.05) is 11.8 Å². The van der Waals surface area contributed by atoms with Crippen LogP contribution < -0.4 is 0 Å². The molecule has 18 heavy (non-hydrogen) atoms. The summed E-state index contributed by atoms with van der Waals surface area (Å²) in [7, 11) is 0. The predicted molar refractivity (Wildman–Crippen MR) is 69.1 cm³/mol. The Kier molecular flexibility index (Phi) is 3.46. The van der Waals surface area contributed by atoms with Crippen molar-refractivity contribution in [2.24, 2.45) is 0 Å². The topological polar surface area (TPSA) is 63.3 Å². The molecule has 0 aliphatic carbocycles. The van der Waals surface area contributed by atoms with Crippen molar-refractivity contribution in [1.82, 2.24) is 0 Å². The number of hydrogen-bond acceptors (Lipinski definition) is 4. The fourth-order valence-electron chi connectivity index (χ4n) is 1.92. The first kappa shape index (κ1) is 12.4. The molecule has 4 nitrogen and oxygen atoms in total. The van der Waals surface area contributed by atoms with Crippen LogP contribution in [0.15, 0.2) is 28.7 Å². The number of hydrogen-bond donors (Lipinski definition) is 1. The Bertz CT molecular complexity index is 598. The highest BCUT2D eigenvalue weighted by molar-refractivity contribution is 6.44. The number of nitrogens with one attached hydrogen (secondary N) is 1. The highest BCUT2D eigenvalue weighted by atomic mass is 16.5. The molecule has 0 amide bonds. The van der Waals surface area contributed by atoms with E-state index in [0.717, 1.165) is 5.39 Å². The normalized spacial score (nSPS) is 10.6. The summed E-state index contributed by atoms with van der Waals surface area (Å²) < 4.78 is 10.5. The molecule has 4 heteroatoms. The van der Waals surface area contributed by atoms with E-state index in [1.165, 1.54) is 0 Å². The molecule has 1 N–H and O–H groups in total. The van der Waals surface area contributed by atoms with Crippen LogP contribution in [0.3, 0.4) is 0 Å². The number of esters is 1. The van der Waals surface area contributed by atoms with Gasteiger partial charge in [0.15, 0.2) is 5.71 Å². The summed E-state index contributed by atoms with van der Waals surface area (Å²) in [6.07, 6.45) is 0.631. The fourth-order valence-corrected chi connectivity index (χ4v) is 1.92. The largest absolute Gasteiger partial charge is 0.461 e. The van der Waals surface area contributed by atoms with Crippen molar-refractivity contribution >= 4 is 22.7 Å². The number of furan rings is 1. The van der Waals surface area contributed by atoms with Crippen LogP contribution in [0.25, 0.3) is 11.0 Å². The number of ether oxygens (including phenoxy) is 1. The summed E-state index contributed by atoms with van der Waals surface area (Å²) in [6.45, 7) is 3.91. The smallest absolute Gasteiger partial charge is 0.356 e. The Morgan fingerprint density at radius 3 is 2.72 bits per heavy atom. The molecule has 0 atom stereocenters. The highest BCUT2D eigenvalue weighted by Gasteiger charge is 2.22. The molecule has 2 rings (SSSR count). The quantitative estimate of drug-likeness (QED) is 0.665. The van der Waals surface area contributed by atoms with Gasteiger partial charge in [0.2, 0.25) is 0 Å². The standard InChI is InChI=1S/C14H15NO3/c1-3-10-12(13(15)14(16)17-4-2)9-7-5-6-8-11(9)18-10/h5-8,15H,3-4H2,1-2H3. The Labute approximate surface area is 105 Å². The summed E-state index contributed by atoms with van der Waals surface area (Å²) in [4.78, 5) is 11.7. The number of rotatable bonds is 4. The molecule has 0 radical (unpaired) electrons. The number of benzene rings is 1. The summed E-state index contributed by atoms with van der Waals surface area (Å²) in [5.74, 6) is 0.0352. The third kappa shape index (κ3) is 2.01. The first-order chi connectivity index (χ1) is 8.69. The minimum Gasteiger partial charge on any atom is -0.461 e. The molecule has 0 fully saturated rings. The lowest BCUT2D eigenvalue weighted by Gasteiger charge is -2.03. The van der Waals surface area contributed by atoms with E-state index in [4.69, 9.17) is 14.6 Å². The lowest BCUT2D eigenvalue weighted by Crippen LogP contribution is -2.18. The van der Waals surface area contributed by atoms with Gasteiger partial charge in [-0.05, 0) is 13.0 Å². The van der Waals surface area contributed by atoms with Crippen LogP contribution in [0, 0.1) is 5.41 Å². The minimum atomic E-state index is -0.612. The van der Waals surface area contributed by atoms with Crippen LogP contribution >= 0.6 is 0 Å². The van der Waals surface area contributed by atoms with Crippen molar-refractivity contribution < 1.29 is 13.9 Å². The van der Waals surface area contributed by atoms with Gasteiger partial charge in [0.1, 0.15) is 11.3 Å². The number of carbonyl (C=O) groups excluding carboxylic acids is 1. The van der Waals surface area contributed by atoms with Gasteiger partial charge in [0.05, 0.1) is 12.2 Å². The Hall–Kier alpha value is -2.10. The van der Waals surface area contributed by atoms with E-state index in [2.05, 4.69) is 0 Å². The van der Waals surface area contributed by atoms with Crippen molar-refractivity contribution in [3.63, 3.8) is 0 Å². The molecule has 1 heterocycles. The van der Waals surface area contributed by atoms with Gasteiger partial charge >= 0.3 is 5.97 Å². The molecule has 94 valence electrons. The van der Waals surface area contributed by atoms with E-state index in [0.29, 0.717) is 23.3 Å². The Morgan fingerprint density at radius 2 is 2.06 bits per heavy atom. The maximum atomic E-state index is 11.7. The number of carbonyl (C=O) groups is 1. The van der Waals surface area contributed by atoms with Crippen LogP contribution in [0.4, 0.5) is 0 Å². The summed E-state index contributed by atoms with van der Waals surface area (Å²) in [5.41, 5.74) is 1.10. The minimum absolute atomic E-state index is 0.140. The lowest BCUT2D eigenvalue weighted by atomic mass is 10.0. The van der Waals surface area contributed by atoms with Crippen molar-refractivity contribution in [3.05, 3.63) is 35.6 Å².